The van der Waals surface area contributed by atoms with Crippen LogP contribution in [0.4, 0.5) is 11.4 Å². The van der Waals surface area contributed by atoms with Crippen molar-refractivity contribution in [1.29, 1.82) is 0 Å². The fraction of sp³-hybridized carbons (Fsp3) is 0.167. The summed E-state index contributed by atoms with van der Waals surface area (Å²) in [5.74, 6) is -1.37. The van der Waals surface area contributed by atoms with Crippen LogP contribution >= 0.6 is 0 Å². The van der Waals surface area contributed by atoms with Crippen molar-refractivity contribution in [3.05, 3.63) is 59.7 Å². The number of methoxy groups -OCH3 is 1. The van der Waals surface area contributed by atoms with E-state index in [0.717, 1.165) is 11.3 Å². The quantitative estimate of drug-likeness (QED) is 0.847. The van der Waals surface area contributed by atoms with E-state index in [9.17, 15) is 14.4 Å². The topological polar surface area (TPSA) is 84.5 Å². The zero-order valence-electron chi connectivity index (χ0n) is 13.0. The molecule has 122 valence electrons. The van der Waals surface area contributed by atoms with Crippen LogP contribution in [0.5, 0.6) is 0 Å². The second kappa shape index (κ2) is 6.54. The van der Waals surface area contributed by atoms with Gasteiger partial charge >= 0.3 is 5.97 Å². The lowest BCUT2D eigenvalue weighted by molar-refractivity contribution is -0.122. The maximum atomic E-state index is 12.2. The van der Waals surface area contributed by atoms with Crippen molar-refractivity contribution >= 4 is 29.2 Å². The Kier molecular flexibility index (Phi) is 4.29. The van der Waals surface area contributed by atoms with Crippen LogP contribution in [0.2, 0.25) is 0 Å². The number of para-hydroxylation sites is 1. The molecule has 0 aromatic heterocycles. The fourth-order valence-corrected chi connectivity index (χ4v) is 2.68. The van der Waals surface area contributed by atoms with Crippen LogP contribution in [-0.2, 0) is 14.3 Å². The smallest absolute Gasteiger partial charge is 0.337 e. The van der Waals surface area contributed by atoms with Gasteiger partial charge in [0.05, 0.1) is 18.6 Å². The summed E-state index contributed by atoms with van der Waals surface area (Å²) in [6.07, 6.45) is 0.0571. The number of carbonyl (C=O) groups is 3. The average molecular weight is 324 g/mol. The number of carbonyl (C=O) groups excluding carboxylic acids is 3. The molecule has 1 atom stereocenters. The molecular weight excluding hydrogens is 308 g/mol. The van der Waals surface area contributed by atoms with Gasteiger partial charge in [0.1, 0.15) is 0 Å². The van der Waals surface area contributed by atoms with Gasteiger partial charge in [-0.05, 0) is 35.9 Å². The van der Waals surface area contributed by atoms with Gasteiger partial charge < -0.3 is 15.4 Å². The van der Waals surface area contributed by atoms with Gasteiger partial charge in [0.15, 0.2) is 0 Å². The Morgan fingerprint density at radius 3 is 2.54 bits per heavy atom. The molecule has 2 amide bonds. The van der Waals surface area contributed by atoms with Crippen molar-refractivity contribution in [2.75, 3.05) is 17.7 Å². The summed E-state index contributed by atoms with van der Waals surface area (Å²) >= 11 is 0. The van der Waals surface area contributed by atoms with Gasteiger partial charge in [-0.2, -0.15) is 0 Å². The lowest BCUT2D eigenvalue weighted by atomic mass is 9.97. The maximum absolute atomic E-state index is 12.2. The lowest BCUT2D eigenvalue weighted by Gasteiger charge is -2.10. The predicted octanol–water partition coefficient (Wildman–Crippen LogP) is 2.54. The summed E-state index contributed by atoms with van der Waals surface area (Å²) in [7, 11) is 1.31. The molecular formula is C18H16N2O4. The van der Waals surface area contributed by atoms with Crippen LogP contribution in [0.1, 0.15) is 28.3 Å². The summed E-state index contributed by atoms with van der Waals surface area (Å²) in [6, 6.07) is 13.7. The van der Waals surface area contributed by atoms with E-state index in [1.54, 1.807) is 24.3 Å². The molecule has 6 heteroatoms. The minimum atomic E-state index is -0.490. The first kappa shape index (κ1) is 15.7. The van der Waals surface area contributed by atoms with Gasteiger partial charge in [0, 0.05) is 17.8 Å². The number of anilines is 2. The Morgan fingerprint density at radius 2 is 1.83 bits per heavy atom. The number of amides is 2. The van der Waals surface area contributed by atoms with Gasteiger partial charge in [-0.15, -0.1) is 0 Å². The van der Waals surface area contributed by atoms with Crippen molar-refractivity contribution in [2.45, 2.75) is 12.3 Å². The van der Waals surface area contributed by atoms with Gasteiger partial charge in [-0.25, -0.2) is 4.79 Å². The number of ether oxygens (including phenoxy) is 1. The highest BCUT2D eigenvalue weighted by Crippen LogP contribution is 2.34. The van der Waals surface area contributed by atoms with E-state index in [0.29, 0.717) is 11.3 Å². The number of esters is 1. The molecule has 24 heavy (non-hydrogen) atoms. The molecule has 1 aliphatic rings. The van der Waals surface area contributed by atoms with Crippen LogP contribution in [0.15, 0.2) is 48.5 Å². The minimum absolute atomic E-state index is 0.0571. The minimum Gasteiger partial charge on any atom is -0.465 e. The number of rotatable bonds is 4. The molecule has 0 aliphatic carbocycles. The highest BCUT2D eigenvalue weighted by Gasteiger charge is 2.31. The summed E-state index contributed by atoms with van der Waals surface area (Å²) in [6.45, 7) is 0. The zero-order valence-corrected chi connectivity index (χ0v) is 13.0. The van der Waals surface area contributed by atoms with Gasteiger partial charge in [-0.1, -0.05) is 18.2 Å². The number of hydrogen-bond donors (Lipinski definition) is 2. The van der Waals surface area contributed by atoms with E-state index in [-0.39, 0.29) is 18.2 Å². The maximum Gasteiger partial charge on any atom is 0.337 e. The molecule has 0 fully saturated rings. The van der Waals surface area contributed by atoms with Crippen molar-refractivity contribution < 1.29 is 19.1 Å². The average Bonchev–Trinajstić information content (AvgIpc) is 2.90. The SMILES string of the molecule is COC(=O)c1ccc(NC(=O)C[C@H]2C(=O)Nc3ccccc32)cc1. The lowest BCUT2D eigenvalue weighted by Crippen LogP contribution is -2.20. The van der Waals surface area contributed by atoms with Gasteiger partial charge in [-0.3, -0.25) is 9.59 Å². The van der Waals surface area contributed by atoms with Gasteiger partial charge in [0.25, 0.3) is 0 Å². The third kappa shape index (κ3) is 3.12. The molecule has 0 saturated heterocycles. The number of nitrogens with one attached hydrogen (secondary N) is 2. The van der Waals surface area contributed by atoms with Crippen LogP contribution in [0.25, 0.3) is 0 Å². The molecule has 0 bridgehead atoms. The van der Waals surface area contributed by atoms with E-state index in [1.165, 1.54) is 7.11 Å². The van der Waals surface area contributed by atoms with E-state index in [2.05, 4.69) is 15.4 Å². The second-order valence-electron chi connectivity index (χ2n) is 5.45. The first-order chi connectivity index (χ1) is 11.6. The fourth-order valence-electron chi connectivity index (χ4n) is 2.68. The molecule has 0 spiro atoms. The standard InChI is InChI=1S/C18H16N2O4/c1-24-18(23)11-6-8-12(9-7-11)19-16(21)10-14-13-4-2-3-5-15(13)20-17(14)22/h2-9,14H,10H2,1H3,(H,19,21)(H,20,22)/t14-/m1/s1. The first-order valence-corrected chi connectivity index (χ1v) is 7.46. The number of hydrogen-bond acceptors (Lipinski definition) is 4. The molecule has 0 radical (unpaired) electrons. The van der Waals surface area contributed by atoms with Crippen LogP contribution in [-0.4, -0.2) is 24.9 Å². The molecule has 0 saturated carbocycles. The molecule has 2 aromatic carbocycles. The van der Waals surface area contributed by atoms with E-state index in [4.69, 9.17) is 0 Å². The highest BCUT2D eigenvalue weighted by atomic mass is 16.5. The Balaban J connectivity index is 1.66. The van der Waals surface area contributed by atoms with Gasteiger partial charge in [0.2, 0.25) is 11.8 Å². The van der Waals surface area contributed by atoms with Crippen molar-refractivity contribution in [3.63, 3.8) is 0 Å². The molecule has 2 N–H and O–H groups in total. The Morgan fingerprint density at radius 1 is 1.12 bits per heavy atom. The Bertz CT molecular complexity index is 799. The van der Waals surface area contributed by atoms with Crippen molar-refractivity contribution in [3.8, 4) is 0 Å². The Hall–Kier alpha value is -3.15. The molecule has 2 aromatic rings. The molecule has 6 nitrogen and oxygen atoms in total. The molecule has 1 heterocycles. The second-order valence-corrected chi connectivity index (χ2v) is 5.45. The number of benzene rings is 2. The molecule has 0 unspecified atom stereocenters. The van der Waals surface area contributed by atoms with Crippen molar-refractivity contribution in [1.82, 2.24) is 0 Å². The van der Waals surface area contributed by atoms with Crippen LogP contribution < -0.4 is 10.6 Å². The predicted molar refractivity (Wildman–Crippen MR) is 88.8 cm³/mol. The highest BCUT2D eigenvalue weighted by molar-refractivity contribution is 6.06. The van der Waals surface area contributed by atoms with E-state index < -0.39 is 11.9 Å². The van der Waals surface area contributed by atoms with E-state index in [1.807, 2.05) is 24.3 Å². The first-order valence-electron chi connectivity index (χ1n) is 7.46. The normalized spacial score (nSPS) is 15.4. The Labute approximate surface area is 138 Å². The molecule has 1 aliphatic heterocycles. The summed E-state index contributed by atoms with van der Waals surface area (Å²) in [4.78, 5) is 35.6. The largest absolute Gasteiger partial charge is 0.465 e. The summed E-state index contributed by atoms with van der Waals surface area (Å²) in [5.41, 5.74) is 2.54. The third-order valence-electron chi connectivity index (χ3n) is 3.89. The zero-order chi connectivity index (χ0) is 17.1. The third-order valence-corrected chi connectivity index (χ3v) is 3.89. The molecule has 3 rings (SSSR count). The van der Waals surface area contributed by atoms with Crippen LogP contribution in [0, 0.1) is 0 Å². The van der Waals surface area contributed by atoms with Crippen LogP contribution in [0.3, 0.4) is 0 Å². The number of fused-ring (bicyclic) bond motifs is 1. The summed E-state index contributed by atoms with van der Waals surface area (Å²) in [5, 5.41) is 5.51. The monoisotopic (exact) mass is 324 g/mol. The van der Waals surface area contributed by atoms with E-state index >= 15 is 0 Å². The van der Waals surface area contributed by atoms with Crippen molar-refractivity contribution in [2.24, 2.45) is 0 Å². The summed E-state index contributed by atoms with van der Waals surface area (Å²) < 4.78 is 4.62.